The first-order valence-corrected chi connectivity index (χ1v) is 6.82. The van der Waals surface area contributed by atoms with Gasteiger partial charge < -0.3 is 5.73 Å². The number of hydrogen-bond acceptors (Lipinski definition) is 3. The van der Waals surface area contributed by atoms with Gasteiger partial charge in [0.2, 0.25) is 0 Å². The molecule has 0 aliphatic rings. The molecule has 1 heterocycles. The first-order chi connectivity index (χ1) is 10.9. The molecule has 0 bridgehead atoms. The highest BCUT2D eigenvalue weighted by molar-refractivity contribution is 5.68. The van der Waals surface area contributed by atoms with Crippen LogP contribution in [0.15, 0.2) is 60.7 Å². The maximum absolute atomic E-state index is 13.2. The minimum absolute atomic E-state index is 0.0446. The van der Waals surface area contributed by atoms with Crippen molar-refractivity contribution in [1.29, 1.82) is 0 Å². The van der Waals surface area contributed by atoms with Crippen LogP contribution in [0.3, 0.4) is 0 Å². The Morgan fingerprint density at radius 3 is 2.17 bits per heavy atom. The van der Waals surface area contributed by atoms with E-state index in [4.69, 9.17) is 5.73 Å². The molecule has 0 amide bonds. The summed E-state index contributed by atoms with van der Waals surface area (Å²) in [7, 11) is 0. The predicted octanol–water partition coefficient (Wildman–Crippen LogP) is 4.41. The molecule has 2 N–H and O–H groups in total. The van der Waals surface area contributed by atoms with E-state index in [2.05, 4.69) is 9.97 Å². The molecule has 0 saturated heterocycles. The standard InChI is InChI=1S/C17H12F3N3/c18-17(19,20)13-9-5-4-8-12(13)16-22-14(10-15(21)23-16)11-6-2-1-3-7-11/h1-10H,(H2,21,22,23). The van der Waals surface area contributed by atoms with Crippen molar-refractivity contribution in [2.24, 2.45) is 0 Å². The molecule has 0 fully saturated rings. The molecular weight excluding hydrogens is 303 g/mol. The predicted molar refractivity (Wildman–Crippen MR) is 82.3 cm³/mol. The number of nitrogens with two attached hydrogens (primary N) is 1. The second kappa shape index (κ2) is 5.72. The Balaban J connectivity index is 2.18. The highest BCUT2D eigenvalue weighted by Gasteiger charge is 2.34. The smallest absolute Gasteiger partial charge is 0.384 e. The topological polar surface area (TPSA) is 51.8 Å². The van der Waals surface area contributed by atoms with Crippen molar-refractivity contribution in [1.82, 2.24) is 9.97 Å². The summed E-state index contributed by atoms with van der Waals surface area (Å²) in [4.78, 5) is 8.23. The Morgan fingerprint density at radius 1 is 0.826 bits per heavy atom. The van der Waals surface area contributed by atoms with E-state index in [1.54, 1.807) is 12.1 Å². The quantitative estimate of drug-likeness (QED) is 0.762. The Labute approximate surface area is 130 Å². The van der Waals surface area contributed by atoms with Gasteiger partial charge in [0.15, 0.2) is 5.82 Å². The van der Waals surface area contributed by atoms with Crippen molar-refractivity contribution >= 4 is 5.82 Å². The molecule has 0 aliphatic heterocycles. The minimum atomic E-state index is -4.49. The number of anilines is 1. The molecule has 0 saturated carbocycles. The van der Waals surface area contributed by atoms with Crippen LogP contribution in [0.4, 0.5) is 19.0 Å². The number of aromatic nitrogens is 2. The zero-order valence-corrected chi connectivity index (χ0v) is 11.9. The number of nitrogen functional groups attached to an aromatic ring is 1. The summed E-state index contributed by atoms with van der Waals surface area (Å²) in [5.41, 5.74) is 6.11. The zero-order chi connectivity index (χ0) is 16.4. The van der Waals surface area contributed by atoms with Crippen LogP contribution in [0.5, 0.6) is 0 Å². The fourth-order valence-corrected chi connectivity index (χ4v) is 2.27. The van der Waals surface area contributed by atoms with Gasteiger partial charge in [0, 0.05) is 17.2 Å². The molecule has 6 heteroatoms. The van der Waals surface area contributed by atoms with E-state index in [9.17, 15) is 13.2 Å². The molecule has 3 aromatic rings. The van der Waals surface area contributed by atoms with Crippen molar-refractivity contribution < 1.29 is 13.2 Å². The number of alkyl halides is 3. The van der Waals surface area contributed by atoms with Crippen LogP contribution in [-0.2, 0) is 6.18 Å². The summed E-state index contributed by atoms with van der Waals surface area (Å²) < 4.78 is 39.5. The van der Waals surface area contributed by atoms with Crippen LogP contribution in [0.2, 0.25) is 0 Å². The summed E-state index contributed by atoms with van der Waals surface area (Å²) in [5.74, 6) is 0.0719. The summed E-state index contributed by atoms with van der Waals surface area (Å²) >= 11 is 0. The number of rotatable bonds is 2. The monoisotopic (exact) mass is 315 g/mol. The van der Waals surface area contributed by atoms with Gasteiger partial charge >= 0.3 is 6.18 Å². The Bertz CT molecular complexity index is 830. The lowest BCUT2D eigenvalue weighted by molar-refractivity contribution is -0.137. The van der Waals surface area contributed by atoms with Gasteiger partial charge in [-0.1, -0.05) is 48.5 Å². The number of benzene rings is 2. The second-order valence-electron chi connectivity index (χ2n) is 4.91. The molecule has 0 unspecified atom stereocenters. The molecule has 23 heavy (non-hydrogen) atoms. The van der Waals surface area contributed by atoms with Gasteiger partial charge in [-0.25, -0.2) is 9.97 Å². The second-order valence-corrected chi connectivity index (χ2v) is 4.91. The zero-order valence-electron chi connectivity index (χ0n) is 11.9. The lowest BCUT2D eigenvalue weighted by Gasteiger charge is -2.12. The number of halogens is 3. The van der Waals surface area contributed by atoms with E-state index < -0.39 is 11.7 Å². The number of hydrogen-bond donors (Lipinski definition) is 1. The van der Waals surface area contributed by atoms with E-state index >= 15 is 0 Å². The van der Waals surface area contributed by atoms with E-state index in [0.717, 1.165) is 11.6 Å². The Morgan fingerprint density at radius 2 is 1.48 bits per heavy atom. The third-order valence-corrected chi connectivity index (χ3v) is 3.29. The normalized spacial score (nSPS) is 11.4. The molecule has 3 rings (SSSR count). The molecule has 0 radical (unpaired) electrons. The van der Waals surface area contributed by atoms with Crippen LogP contribution in [0.1, 0.15) is 5.56 Å². The highest BCUT2D eigenvalue weighted by atomic mass is 19.4. The summed E-state index contributed by atoms with van der Waals surface area (Å²) in [5, 5.41) is 0. The average molecular weight is 315 g/mol. The van der Waals surface area contributed by atoms with Crippen molar-refractivity contribution in [2.75, 3.05) is 5.73 Å². The van der Waals surface area contributed by atoms with Crippen molar-refractivity contribution in [2.45, 2.75) is 6.18 Å². The molecule has 2 aromatic carbocycles. The Kier molecular flexibility index (Phi) is 3.73. The van der Waals surface area contributed by atoms with Gasteiger partial charge in [-0.15, -0.1) is 0 Å². The van der Waals surface area contributed by atoms with Crippen LogP contribution in [0.25, 0.3) is 22.6 Å². The maximum atomic E-state index is 13.2. The largest absolute Gasteiger partial charge is 0.417 e. The molecule has 0 spiro atoms. The van der Waals surface area contributed by atoms with Crippen LogP contribution >= 0.6 is 0 Å². The third-order valence-electron chi connectivity index (χ3n) is 3.29. The average Bonchev–Trinajstić information content (AvgIpc) is 2.54. The van der Waals surface area contributed by atoms with E-state index in [0.29, 0.717) is 5.69 Å². The van der Waals surface area contributed by atoms with Gasteiger partial charge in [0.1, 0.15) is 5.82 Å². The summed E-state index contributed by atoms with van der Waals surface area (Å²) in [6.07, 6.45) is -4.49. The fourth-order valence-electron chi connectivity index (χ4n) is 2.27. The lowest BCUT2D eigenvalue weighted by Crippen LogP contribution is -2.08. The van der Waals surface area contributed by atoms with Crippen LogP contribution < -0.4 is 5.73 Å². The van der Waals surface area contributed by atoms with Crippen LogP contribution in [-0.4, -0.2) is 9.97 Å². The number of nitrogens with zero attached hydrogens (tertiary/aromatic N) is 2. The molecule has 116 valence electrons. The van der Waals surface area contributed by atoms with E-state index in [-0.39, 0.29) is 17.2 Å². The van der Waals surface area contributed by atoms with Gasteiger partial charge in [-0.2, -0.15) is 13.2 Å². The molecule has 3 nitrogen and oxygen atoms in total. The molecular formula is C17H12F3N3. The van der Waals surface area contributed by atoms with Crippen molar-refractivity contribution in [3.8, 4) is 22.6 Å². The van der Waals surface area contributed by atoms with Gasteiger partial charge in [0.25, 0.3) is 0 Å². The highest BCUT2D eigenvalue weighted by Crippen LogP contribution is 2.36. The van der Waals surface area contributed by atoms with Gasteiger partial charge in [0.05, 0.1) is 11.3 Å². The lowest BCUT2D eigenvalue weighted by atomic mass is 10.1. The molecule has 0 atom stereocenters. The minimum Gasteiger partial charge on any atom is -0.384 e. The molecule has 0 aliphatic carbocycles. The summed E-state index contributed by atoms with van der Waals surface area (Å²) in [6, 6.07) is 15.8. The van der Waals surface area contributed by atoms with Gasteiger partial charge in [-0.3, -0.25) is 0 Å². The Hall–Kier alpha value is -2.89. The van der Waals surface area contributed by atoms with Crippen molar-refractivity contribution in [3.63, 3.8) is 0 Å². The molecule has 1 aromatic heterocycles. The van der Waals surface area contributed by atoms with E-state index in [1.165, 1.54) is 24.3 Å². The fraction of sp³-hybridized carbons (Fsp3) is 0.0588. The van der Waals surface area contributed by atoms with Gasteiger partial charge in [-0.05, 0) is 6.07 Å². The summed E-state index contributed by atoms with van der Waals surface area (Å²) in [6.45, 7) is 0. The SMILES string of the molecule is Nc1cc(-c2ccccc2)nc(-c2ccccc2C(F)(F)F)n1. The maximum Gasteiger partial charge on any atom is 0.417 e. The first kappa shape index (κ1) is 15.0. The van der Waals surface area contributed by atoms with Crippen molar-refractivity contribution in [3.05, 3.63) is 66.2 Å². The van der Waals surface area contributed by atoms with Crippen LogP contribution in [0, 0.1) is 0 Å². The first-order valence-electron chi connectivity index (χ1n) is 6.82. The van der Waals surface area contributed by atoms with E-state index in [1.807, 2.05) is 18.2 Å². The third kappa shape index (κ3) is 3.15.